The van der Waals surface area contributed by atoms with E-state index in [-0.39, 0.29) is 12.7 Å². The van der Waals surface area contributed by atoms with Crippen molar-refractivity contribution in [2.75, 3.05) is 6.61 Å². The predicted octanol–water partition coefficient (Wildman–Crippen LogP) is 1.31. The Hall–Kier alpha value is -0.0800. The second-order valence-corrected chi connectivity index (χ2v) is 3.48. The van der Waals surface area contributed by atoms with Gasteiger partial charge in [-0.1, -0.05) is 12.8 Å². The highest BCUT2D eigenvalue weighted by molar-refractivity contribution is 4.73. The minimum atomic E-state index is -0.0877. The van der Waals surface area contributed by atoms with Crippen molar-refractivity contribution < 1.29 is 10.2 Å². The van der Waals surface area contributed by atoms with Crippen molar-refractivity contribution in [1.82, 2.24) is 0 Å². The van der Waals surface area contributed by atoms with E-state index in [0.717, 1.165) is 25.7 Å². The molecule has 1 aliphatic rings. The fourth-order valence-electron chi connectivity index (χ4n) is 1.88. The van der Waals surface area contributed by atoms with E-state index in [2.05, 4.69) is 0 Å². The molecule has 0 unspecified atom stereocenters. The van der Waals surface area contributed by atoms with Crippen LogP contribution in [0.25, 0.3) is 0 Å². The lowest BCUT2D eigenvalue weighted by Gasteiger charge is -2.27. The summed E-state index contributed by atoms with van der Waals surface area (Å²) in [5.74, 6) is 0.468. The molecule has 0 saturated heterocycles. The molecule has 0 spiro atoms. The maximum absolute atomic E-state index is 9.51. The van der Waals surface area contributed by atoms with Gasteiger partial charge in [0.2, 0.25) is 0 Å². The van der Waals surface area contributed by atoms with Gasteiger partial charge in [-0.2, -0.15) is 0 Å². The van der Waals surface area contributed by atoms with Gasteiger partial charge in [0.05, 0.1) is 6.10 Å². The zero-order valence-corrected chi connectivity index (χ0v) is 7.00. The van der Waals surface area contributed by atoms with Gasteiger partial charge in [-0.05, 0) is 31.6 Å². The zero-order valence-electron chi connectivity index (χ0n) is 7.00. The molecule has 66 valence electrons. The second-order valence-electron chi connectivity index (χ2n) is 3.48. The molecule has 2 nitrogen and oxygen atoms in total. The normalized spacial score (nSPS) is 32.2. The Kier molecular flexibility index (Phi) is 3.87. The Morgan fingerprint density at radius 2 is 1.91 bits per heavy atom. The third-order valence-corrected chi connectivity index (χ3v) is 2.60. The van der Waals surface area contributed by atoms with Crippen molar-refractivity contribution in [3.05, 3.63) is 0 Å². The largest absolute Gasteiger partial charge is 0.396 e. The zero-order chi connectivity index (χ0) is 8.10. The Bertz CT molecular complexity index is 104. The summed E-state index contributed by atoms with van der Waals surface area (Å²) >= 11 is 0. The smallest absolute Gasteiger partial charge is 0.0568 e. The third-order valence-electron chi connectivity index (χ3n) is 2.60. The van der Waals surface area contributed by atoms with Crippen LogP contribution in [0.15, 0.2) is 0 Å². The Balaban J connectivity index is 2.18. The minimum Gasteiger partial charge on any atom is -0.396 e. The van der Waals surface area contributed by atoms with Crippen LogP contribution in [0.2, 0.25) is 0 Å². The van der Waals surface area contributed by atoms with Crippen molar-refractivity contribution in [2.24, 2.45) is 5.92 Å². The first-order chi connectivity index (χ1) is 5.34. The average molecular weight is 158 g/mol. The second kappa shape index (κ2) is 4.73. The van der Waals surface area contributed by atoms with Crippen molar-refractivity contribution in [3.63, 3.8) is 0 Å². The third kappa shape index (κ3) is 2.80. The molecule has 0 aromatic rings. The van der Waals surface area contributed by atoms with Crippen LogP contribution in [0.1, 0.15) is 38.5 Å². The first-order valence-corrected chi connectivity index (χ1v) is 4.63. The molecule has 2 atom stereocenters. The van der Waals surface area contributed by atoms with Crippen LogP contribution in [0.4, 0.5) is 0 Å². The molecule has 0 radical (unpaired) electrons. The summed E-state index contributed by atoms with van der Waals surface area (Å²) in [4.78, 5) is 0. The van der Waals surface area contributed by atoms with Crippen LogP contribution < -0.4 is 0 Å². The van der Waals surface area contributed by atoms with E-state index < -0.39 is 0 Å². The molecule has 0 aromatic heterocycles. The highest BCUT2D eigenvalue weighted by Crippen LogP contribution is 2.27. The quantitative estimate of drug-likeness (QED) is 0.650. The van der Waals surface area contributed by atoms with Crippen molar-refractivity contribution in [2.45, 2.75) is 44.6 Å². The van der Waals surface area contributed by atoms with E-state index in [1.807, 2.05) is 0 Å². The number of hydrogen-bond acceptors (Lipinski definition) is 2. The van der Waals surface area contributed by atoms with Gasteiger partial charge in [-0.3, -0.25) is 0 Å². The van der Waals surface area contributed by atoms with Gasteiger partial charge in [0.15, 0.2) is 0 Å². The minimum absolute atomic E-state index is 0.0877. The van der Waals surface area contributed by atoms with Crippen LogP contribution in [-0.2, 0) is 0 Å². The van der Waals surface area contributed by atoms with Crippen LogP contribution in [0.3, 0.4) is 0 Å². The van der Waals surface area contributed by atoms with Crippen LogP contribution in [-0.4, -0.2) is 22.9 Å². The molecule has 0 heterocycles. The van der Waals surface area contributed by atoms with Crippen LogP contribution >= 0.6 is 0 Å². The van der Waals surface area contributed by atoms with E-state index in [1.54, 1.807) is 0 Å². The lowest BCUT2D eigenvalue weighted by atomic mass is 9.84. The number of aliphatic hydroxyl groups excluding tert-OH is 2. The first kappa shape index (κ1) is 9.01. The SMILES string of the molecule is OCCC[C@@H]1CCCC[C@H]1O. The molecule has 1 saturated carbocycles. The first-order valence-electron chi connectivity index (χ1n) is 4.63. The molecule has 0 aliphatic heterocycles. The molecular formula is C9H18O2. The standard InChI is InChI=1S/C9H18O2/c10-7-3-5-8-4-1-2-6-9(8)11/h8-11H,1-7H2/t8-,9+/m0/s1. The lowest BCUT2D eigenvalue weighted by molar-refractivity contribution is 0.0614. The summed E-state index contributed by atoms with van der Waals surface area (Å²) in [5.41, 5.74) is 0. The summed E-state index contributed by atoms with van der Waals surface area (Å²) in [6.45, 7) is 0.267. The van der Waals surface area contributed by atoms with E-state index in [0.29, 0.717) is 5.92 Å². The molecule has 1 rings (SSSR count). The van der Waals surface area contributed by atoms with E-state index in [1.165, 1.54) is 12.8 Å². The highest BCUT2D eigenvalue weighted by atomic mass is 16.3. The maximum atomic E-state index is 9.51. The van der Waals surface area contributed by atoms with Gasteiger partial charge in [0, 0.05) is 6.61 Å². The summed E-state index contributed by atoms with van der Waals surface area (Å²) in [7, 11) is 0. The molecule has 0 bridgehead atoms. The van der Waals surface area contributed by atoms with E-state index in [9.17, 15) is 5.11 Å². The summed E-state index contributed by atoms with van der Waals surface area (Å²) < 4.78 is 0. The van der Waals surface area contributed by atoms with Crippen LogP contribution in [0, 0.1) is 5.92 Å². The fraction of sp³-hybridized carbons (Fsp3) is 1.00. The molecule has 11 heavy (non-hydrogen) atoms. The topological polar surface area (TPSA) is 40.5 Å². The Labute approximate surface area is 68.2 Å². The predicted molar refractivity (Wildman–Crippen MR) is 44.3 cm³/mol. The Morgan fingerprint density at radius 3 is 2.55 bits per heavy atom. The van der Waals surface area contributed by atoms with Crippen LogP contribution in [0.5, 0.6) is 0 Å². The molecule has 0 amide bonds. The Morgan fingerprint density at radius 1 is 1.18 bits per heavy atom. The van der Waals surface area contributed by atoms with E-state index in [4.69, 9.17) is 5.11 Å². The van der Waals surface area contributed by atoms with E-state index >= 15 is 0 Å². The molecular weight excluding hydrogens is 140 g/mol. The van der Waals surface area contributed by atoms with Gasteiger partial charge in [-0.15, -0.1) is 0 Å². The van der Waals surface area contributed by atoms with Gasteiger partial charge >= 0.3 is 0 Å². The molecule has 1 aliphatic carbocycles. The summed E-state index contributed by atoms with van der Waals surface area (Å²) in [6, 6.07) is 0. The molecule has 2 heteroatoms. The van der Waals surface area contributed by atoms with Crippen molar-refractivity contribution in [1.29, 1.82) is 0 Å². The summed E-state index contributed by atoms with van der Waals surface area (Å²) in [5, 5.41) is 18.1. The number of rotatable bonds is 3. The fourth-order valence-corrected chi connectivity index (χ4v) is 1.88. The maximum Gasteiger partial charge on any atom is 0.0568 e. The van der Waals surface area contributed by atoms with Gasteiger partial charge < -0.3 is 10.2 Å². The van der Waals surface area contributed by atoms with Crippen molar-refractivity contribution in [3.8, 4) is 0 Å². The van der Waals surface area contributed by atoms with Crippen molar-refractivity contribution >= 4 is 0 Å². The number of hydrogen-bond donors (Lipinski definition) is 2. The molecule has 0 aromatic carbocycles. The molecule has 1 fully saturated rings. The van der Waals surface area contributed by atoms with Gasteiger partial charge in [0.1, 0.15) is 0 Å². The monoisotopic (exact) mass is 158 g/mol. The lowest BCUT2D eigenvalue weighted by Crippen LogP contribution is -2.24. The van der Waals surface area contributed by atoms with Gasteiger partial charge in [-0.25, -0.2) is 0 Å². The summed E-state index contributed by atoms with van der Waals surface area (Å²) in [6.07, 6.45) is 6.32. The molecule has 2 N–H and O–H groups in total. The average Bonchev–Trinajstić information content (AvgIpc) is 2.03. The van der Waals surface area contributed by atoms with Gasteiger partial charge in [0.25, 0.3) is 0 Å². The number of aliphatic hydroxyl groups is 2. The highest BCUT2D eigenvalue weighted by Gasteiger charge is 2.21.